The molecule has 10 rings (SSSR count). The molecular weight excluding hydrogens is 747 g/mol. The molecule has 0 atom stereocenters. The highest BCUT2D eigenvalue weighted by Crippen LogP contribution is 2.51. The number of aryl methyl sites for hydroxylation is 3. The van der Waals surface area contributed by atoms with Gasteiger partial charge in [0.2, 0.25) is 0 Å². The quantitative estimate of drug-likeness (QED) is 0.165. The van der Waals surface area contributed by atoms with Gasteiger partial charge in [0.1, 0.15) is 5.75 Å². The van der Waals surface area contributed by atoms with E-state index in [1.54, 1.807) is 0 Å². The minimum absolute atomic E-state index is 0.00361. The Bertz CT molecular complexity index is 2840. The average Bonchev–Trinajstić information content (AvgIpc) is 3.58. The Hall–Kier alpha value is -5.26. The standard InChI is InChI=1S/C55H57BN2OS/c1-33-27-39(55(9,10)11)28-34(2)51(33)58-45-21-15-20-44-50(45)56(49-41-31-38(54(6,7)8)23-25-48(41)60-52(49)58)42-32-47-36(19-16-26-59-47)29-46(42)57(44)43-24-22-37(53(3,4)5)30-40(43)35-17-13-12-14-18-35/h12-15,17-18,20-25,27-32H,16,19,26H2,1-11H3. The molecule has 0 bridgehead atoms. The van der Waals surface area contributed by atoms with Crippen molar-refractivity contribution in [1.29, 1.82) is 0 Å². The molecule has 3 aliphatic heterocycles. The molecular formula is C55H57BN2OS. The van der Waals surface area contributed by atoms with Crippen molar-refractivity contribution in [1.82, 2.24) is 0 Å². The van der Waals surface area contributed by atoms with E-state index in [4.69, 9.17) is 4.74 Å². The van der Waals surface area contributed by atoms with Crippen LogP contribution in [0.4, 0.5) is 33.4 Å². The van der Waals surface area contributed by atoms with Gasteiger partial charge < -0.3 is 14.5 Å². The van der Waals surface area contributed by atoms with E-state index >= 15 is 0 Å². The Morgan fingerprint density at radius 2 is 1.23 bits per heavy atom. The van der Waals surface area contributed by atoms with Crippen LogP contribution in [0.2, 0.25) is 0 Å². The Labute approximate surface area is 362 Å². The van der Waals surface area contributed by atoms with Crippen LogP contribution in [0.1, 0.15) is 102 Å². The second-order valence-electron chi connectivity index (χ2n) is 20.6. The number of anilines is 6. The summed E-state index contributed by atoms with van der Waals surface area (Å²) in [6, 6.07) is 42.3. The van der Waals surface area contributed by atoms with Crippen LogP contribution in [0.3, 0.4) is 0 Å². The molecule has 4 heterocycles. The first-order chi connectivity index (χ1) is 28.5. The zero-order valence-electron chi connectivity index (χ0n) is 37.3. The molecule has 302 valence electrons. The number of rotatable bonds is 3. The first kappa shape index (κ1) is 38.9. The summed E-state index contributed by atoms with van der Waals surface area (Å²) >= 11 is 1.95. The molecule has 0 N–H and O–H groups in total. The number of ether oxygens (including phenoxy) is 1. The van der Waals surface area contributed by atoms with Gasteiger partial charge in [-0.3, -0.25) is 0 Å². The van der Waals surface area contributed by atoms with Crippen molar-refractivity contribution >= 4 is 78.0 Å². The van der Waals surface area contributed by atoms with E-state index in [0.717, 1.165) is 25.2 Å². The van der Waals surface area contributed by atoms with Crippen molar-refractivity contribution in [2.24, 2.45) is 0 Å². The fraction of sp³-hybridized carbons (Fsp3) is 0.309. The van der Waals surface area contributed by atoms with Crippen molar-refractivity contribution in [3.05, 3.63) is 143 Å². The van der Waals surface area contributed by atoms with E-state index in [-0.39, 0.29) is 23.0 Å². The predicted molar refractivity (Wildman–Crippen MR) is 261 cm³/mol. The number of hydrogen-bond donors (Lipinski definition) is 0. The summed E-state index contributed by atoms with van der Waals surface area (Å²) in [5, 5.41) is 2.68. The maximum absolute atomic E-state index is 6.56. The average molecular weight is 805 g/mol. The van der Waals surface area contributed by atoms with E-state index in [1.165, 1.54) is 104 Å². The molecule has 5 heteroatoms. The normalized spacial score (nSPS) is 14.8. The molecule has 7 aromatic rings. The van der Waals surface area contributed by atoms with Crippen LogP contribution in [-0.2, 0) is 22.7 Å². The van der Waals surface area contributed by atoms with E-state index < -0.39 is 0 Å². The van der Waals surface area contributed by atoms with Crippen molar-refractivity contribution in [2.45, 2.75) is 105 Å². The number of benzene rings is 6. The second-order valence-corrected chi connectivity index (χ2v) is 21.7. The summed E-state index contributed by atoms with van der Waals surface area (Å²) in [5.41, 5.74) is 20.8. The van der Waals surface area contributed by atoms with Crippen molar-refractivity contribution < 1.29 is 4.74 Å². The Kier molecular flexibility index (Phi) is 8.84. The zero-order chi connectivity index (χ0) is 42.0. The highest BCUT2D eigenvalue weighted by Gasteiger charge is 2.46. The van der Waals surface area contributed by atoms with Crippen LogP contribution >= 0.6 is 11.3 Å². The minimum atomic E-state index is -0.00361. The van der Waals surface area contributed by atoms with E-state index in [2.05, 4.69) is 195 Å². The molecule has 0 fully saturated rings. The van der Waals surface area contributed by atoms with Crippen molar-refractivity contribution in [3.8, 4) is 16.9 Å². The molecule has 0 radical (unpaired) electrons. The largest absolute Gasteiger partial charge is 0.493 e. The first-order valence-corrected chi connectivity index (χ1v) is 22.7. The highest BCUT2D eigenvalue weighted by molar-refractivity contribution is 7.26. The van der Waals surface area contributed by atoms with Gasteiger partial charge in [-0.05, 0) is 146 Å². The van der Waals surface area contributed by atoms with Crippen LogP contribution in [0, 0.1) is 13.8 Å². The lowest BCUT2D eigenvalue weighted by molar-refractivity contribution is 0.288. The molecule has 0 spiro atoms. The molecule has 6 aromatic carbocycles. The lowest BCUT2D eigenvalue weighted by atomic mass is 9.33. The Morgan fingerprint density at radius 3 is 1.92 bits per heavy atom. The fourth-order valence-corrected chi connectivity index (χ4v) is 11.3. The summed E-state index contributed by atoms with van der Waals surface area (Å²) in [5.74, 6) is 1.04. The van der Waals surface area contributed by atoms with Gasteiger partial charge in [-0.2, -0.15) is 0 Å². The summed E-state index contributed by atoms with van der Waals surface area (Å²) in [7, 11) is 0. The highest BCUT2D eigenvalue weighted by atomic mass is 32.1. The van der Waals surface area contributed by atoms with Gasteiger partial charge in [0, 0.05) is 27.3 Å². The SMILES string of the molecule is Cc1cc(C(C)(C)C)cc(C)c1N1c2cccc3c2B(c2cc4c(cc2N3c2ccc(C(C)(C)C)cc2-c2ccccc2)CCCO4)c2c1sc1ccc(C(C)(C)C)cc21. The molecule has 1 aromatic heterocycles. The predicted octanol–water partition coefficient (Wildman–Crippen LogP) is 13.5. The molecule has 3 aliphatic rings. The lowest BCUT2D eigenvalue weighted by Crippen LogP contribution is -2.61. The maximum Gasteiger partial charge on any atom is 0.254 e. The second kappa shape index (κ2) is 13.6. The molecule has 0 saturated carbocycles. The Balaban J connectivity index is 1.33. The van der Waals surface area contributed by atoms with Gasteiger partial charge in [-0.15, -0.1) is 11.3 Å². The van der Waals surface area contributed by atoms with Crippen molar-refractivity contribution in [3.63, 3.8) is 0 Å². The molecule has 0 aliphatic carbocycles. The van der Waals surface area contributed by atoms with Crippen molar-refractivity contribution in [2.75, 3.05) is 16.4 Å². The topological polar surface area (TPSA) is 15.7 Å². The molecule has 0 amide bonds. The molecule has 60 heavy (non-hydrogen) atoms. The Morgan fingerprint density at radius 1 is 0.583 bits per heavy atom. The third-order valence-electron chi connectivity index (χ3n) is 13.3. The fourth-order valence-electron chi connectivity index (χ4n) is 10.0. The summed E-state index contributed by atoms with van der Waals surface area (Å²) in [4.78, 5) is 5.25. The third kappa shape index (κ3) is 6.13. The van der Waals surface area contributed by atoms with E-state index in [1.807, 2.05) is 11.3 Å². The van der Waals surface area contributed by atoms with Gasteiger partial charge >= 0.3 is 0 Å². The molecule has 0 saturated heterocycles. The maximum atomic E-state index is 6.56. The third-order valence-corrected chi connectivity index (χ3v) is 14.4. The van der Waals surface area contributed by atoms with Crippen LogP contribution in [0.15, 0.2) is 109 Å². The van der Waals surface area contributed by atoms with Crippen LogP contribution in [0.25, 0.3) is 21.2 Å². The lowest BCUT2D eigenvalue weighted by Gasteiger charge is -2.44. The van der Waals surface area contributed by atoms with Crippen LogP contribution in [0.5, 0.6) is 5.75 Å². The monoisotopic (exact) mass is 804 g/mol. The van der Waals surface area contributed by atoms with Gasteiger partial charge in [-0.1, -0.05) is 129 Å². The zero-order valence-corrected chi connectivity index (χ0v) is 38.1. The summed E-state index contributed by atoms with van der Waals surface area (Å²) in [6.45, 7) is 26.3. The summed E-state index contributed by atoms with van der Waals surface area (Å²) < 4.78 is 7.89. The molecule has 3 nitrogen and oxygen atoms in total. The van der Waals surface area contributed by atoms with Crippen LogP contribution in [-0.4, -0.2) is 13.3 Å². The molecule has 0 unspecified atom stereocenters. The number of nitrogens with zero attached hydrogens (tertiary/aromatic N) is 2. The van der Waals surface area contributed by atoms with Crippen LogP contribution < -0.4 is 30.9 Å². The van der Waals surface area contributed by atoms with Gasteiger partial charge in [0.15, 0.2) is 0 Å². The number of fused-ring (bicyclic) bond motifs is 7. The summed E-state index contributed by atoms with van der Waals surface area (Å²) in [6.07, 6.45) is 2.04. The number of thiophene rings is 1. The first-order valence-electron chi connectivity index (χ1n) is 21.9. The van der Waals surface area contributed by atoms with Gasteiger partial charge in [0.05, 0.1) is 23.0 Å². The van der Waals surface area contributed by atoms with Gasteiger partial charge in [-0.25, -0.2) is 0 Å². The van der Waals surface area contributed by atoms with Gasteiger partial charge in [0.25, 0.3) is 6.71 Å². The number of hydrogen-bond acceptors (Lipinski definition) is 4. The minimum Gasteiger partial charge on any atom is -0.493 e. The van der Waals surface area contributed by atoms with E-state index in [9.17, 15) is 0 Å². The smallest absolute Gasteiger partial charge is 0.254 e. The van der Waals surface area contributed by atoms with E-state index in [0.29, 0.717) is 0 Å².